The number of ether oxygens (including phenoxy) is 1. The van der Waals surface area contributed by atoms with Gasteiger partial charge in [0.15, 0.2) is 0 Å². The van der Waals surface area contributed by atoms with Gasteiger partial charge in [-0.3, -0.25) is 0 Å². The highest BCUT2D eigenvalue weighted by Crippen LogP contribution is 2.19. The highest BCUT2D eigenvalue weighted by molar-refractivity contribution is 14.1. The zero-order valence-electron chi connectivity index (χ0n) is 9.25. The van der Waals surface area contributed by atoms with Crippen LogP contribution in [0.2, 0.25) is 0 Å². The first-order valence-electron chi connectivity index (χ1n) is 5.34. The number of benzene rings is 2. The van der Waals surface area contributed by atoms with Gasteiger partial charge in [0.05, 0.1) is 5.52 Å². The number of fused-ring (bicyclic) bond motifs is 1. The molecule has 0 spiro atoms. The van der Waals surface area contributed by atoms with Crippen LogP contribution in [0.1, 0.15) is 0 Å². The van der Waals surface area contributed by atoms with E-state index in [0.717, 1.165) is 14.6 Å². The second-order valence-corrected chi connectivity index (χ2v) is 4.88. The Labute approximate surface area is 117 Å². The fourth-order valence-electron chi connectivity index (χ4n) is 1.52. The highest BCUT2D eigenvalue weighted by atomic mass is 127. The largest absolute Gasteiger partial charge is 0.423 e. The minimum absolute atomic E-state index is 0.259. The Morgan fingerprint density at radius 2 is 1.56 bits per heavy atom. The fourth-order valence-corrected chi connectivity index (χ4v) is 1.88. The van der Waals surface area contributed by atoms with Crippen LogP contribution in [0.25, 0.3) is 11.0 Å². The van der Waals surface area contributed by atoms with E-state index in [1.54, 1.807) is 0 Å². The summed E-state index contributed by atoms with van der Waals surface area (Å²) in [5.74, 6) is 0.701. The van der Waals surface area contributed by atoms with Crippen molar-refractivity contribution in [3.05, 3.63) is 52.1 Å². The molecule has 5 heteroatoms. The summed E-state index contributed by atoms with van der Waals surface area (Å²) in [4.78, 5) is 4.30. The van der Waals surface area contributed by atoms with E-state index in [-0.39, 0.29) is 6.01 Å². The van der Waals surface area contributed by atoms with Crippen molar-refractivity contribution in [1.29, 1.82) is 0 Å². The van der Waals surface area contributed by atoms with E-state index in [4.69, 9.17) is 4.74 Å². The molecule has 3 rings (SSSR count). The molecule has 0 atom stereocenters. The van der Waals surface area contributed by atoms with Crippen LogP contribution < -0.4 is 4.74 Å². The molecular weight excluding hydrogens is 341 g/mol. The van der Waals surface area contributed by atoms with Gasteiger partial charge in [0.25, 0.3) is 0 Å². The summed E-state index contributed by atoms with van der Waals surface area (Å²) in [5.41, 5.74) is 1.53. The first-order valence-corrected chi connectivity index (χ1v) is 6.42. The third-order valence-corrected chi connectivity index (χ3v) is 3.08. The third kappa shape index (κ3) is 2.40. The minimum atomic E-state index is 0.259. The Morgan fingerprint density at radius 1 is 0.833 bits per heavy atom. The van der Waals surface area contributed by atoms with Gasteiger partial charge in [0, 0.05) is 3.57 Å². The predicted molar refractivity (Wildman–Crippen MR) is 76.6 cm³/mol. The molecule has 0 saturated carbocycles. The molecule has 0 aliphatic rings. The van der Waals surface area contributed by atoms with Crippen molar-refractivity contribution in [2.24, 2.45) is 0 Å². The van der Waals surface area contributed by atoms with Crippen LogP contribution in [-0.4, -0.2) is 15.2 Å². The second-order valence-electron chi connectivity index (χ2n) is 3.64. The van der Waals surface area contributed by atoms with E-state index >= 15 is 0 Å². The molecule has 4 nitrogen and oxygen atoms in total. The van der Waals surface area contributed by atoms with Gasteiger partial charge < -0.3 is 4.74 Å². The van der Waals surface area contributed by atoms with Crippen molar-refractivity contribution in [1.82, 2.24) is 15.2 Å². The molecule has 0 bridgehead atoms. The lowest BCUT2D eigenvalue weighted by Crippen LogP contribution is -1.95. The molecule has 0 N–H and O–H groups in total. The van der Waals surface area contributed by atoms with Gasteiger partial charge in [0.1, 0.15) is 11.3 Å². The van der Waals surface area contributed by atoms with Crippen LogP contribution in [0.4, 0.5) is 0 Å². The molecule has 0 unspecified atom stereocenters. The SMILES string of the molecule is Ic1ccc(Oc2nnc3ccccc3n2)cc1. The molecule has 3 aromatic rings. The molecular formula is C13H8IN3O. The fraction of sp³-hybridized carbons (Fsp3) is 0. The molecule has 2 aromatic carbocycles. The zero-order valence-corrected chi connectivity index (χ0v) is 11.4. The van der Waals surface area contributed by atoms with Crippen molar-refractivity contribution in [2.45, 2.75) is 0 Å². The lowest BCUT2D eigenvalue weighted by atomic mass is 10.3. The summed E-state index contributed by atoms with van der Waals surface area (Å²) in [7, 11) is 0. The van der Waals surface area contributed by atoms with Gasteiger partial charge in [-0.05, 0) is 59.0 Å². The Bertz CT molecular complexity index is 685. The maximum atomic E-state index is 5.55. The maximum absolute atomic E-state index is 5.55. The summed E-state index contributed by atoms with van der Waals surface area (Å²) >= 11 is 2.24. The van der Waals surface area contributed by atoms with Crippen molar-refractivity contribution in [3.8, 4) is 11.8 Å². The summed E-state index contributed by atoms with van der Waals surface area (Å²) in [5, 5.41) is 8.00. The summed E-state index contributed by atoms with van der Waals surface area (Å²) < 4.78 is 6.70. The third-order valence-electron chi connectivity index (χ3n) is 2.36. The number of para-hydroxylation sites is 1. The molecule has 0 radical (unpaired) electrons. The summed E-state index contributed by atoms with van der Waals surface area (Å²) in [6, 6.07) is 15.5. The molecule has 0 saturated heterocycles. The number of aromatic nitrogens is 3. The number of hydrogen-bond acceptors (Lipinski definition) is 4. The van der Waals surface area contributed by atoms with Crippen molar-refractivity contribution in [3.63, 3.8) is 0 Å². The lowest BCUT2D eigenvalue weighted by molar-refractivity contribution is 0.437. The van der Waals surface area contributed by atoms with E-state index in [1.807, 2.05) is 48.5 Å². The topological polar surface area (TPSA) is 47.9 Å². The first-order chi connectivity index (χ1) is 8.81. The maximum Gasteiger partial charge on any atom is 0.341 e. The van der Waals surface area contributed by atoms with Crippen LogP contribution >= 0.6 is 22.6 Å². The summed E-state index contributed by atoms with van der Waals surface area (Å²) in [6.45, 7) is 0. The van der Waals surface area contributed by atoms with E-state index in [9.17, 15) is 0 Å². The monoisotopic (exact) mass is 349 g/mol. The Kier molecular flexibility index (Phi) is 3.06. The van der Waals surface area contributed by atoms with Crippen LogP contribution in [0.15, 0.2) is 48.5 Å². The molecule has 88 valence electrons. The van der Waals surface area contributed by atoms with E-state index in [0.29, 0.717) is 5.75 Å². The smallest absolute Gasteiger partial charge is 0.341 e. The molecule has 0 fully saturated rings. The molecule has 0 aliphatic heterocycles. The van der Waals surface area contributed by atoms with Crippen LogP contribution in [-0.2, 0) is 0 Å². The van der Waals surface area contributed by atoms with E-state index < -0.39 is 0 Å². The normalized spacial score (nSPS) is 10.5. The number of nitrogens with zero attached hydrogens (tertiary/aromatic N) is 3. The van der Waals surface area contributed by atoms with Gasteiger partial charge >= 0.3 is 6.01 Å². The Morgan fingerprint density at radius 3 is 2.33 bits per heavy atom. The first kappa shape index (κ1) is 11.3. The average Bonchev–Trinajstić information content (AvgIpc) is 2.41. The van der Waals surface area contributed by atoms with Gasteiger partial charge in [-0.25, -0.2) is 0 Å². The molecule has 0 amide bonds. The Hall–Kier alpha value is -1.76. The number of halogens is 1. The predicted octanol–water partition coefficient (Wildman–Crippen LogP) is 3.42. The van der Waals surface area contributed by atoms with Crippen molar-refractivity contribution < 1.29 is 4.74 Å². The number of hydrogen-bond donors (Lipinski definition) is 0. The zero-order chi connectivity index (χ0) is 12.4. The van der Waals surface area contributed by atoms with Gasteiger partial charge in [-0.2, -0.15) is 4.98 Å². The van der Waals surface area contributed by atoms with E-state index in [1.165, 1.54) is 0 Å². The van der Waals surface area contributed by atoms with Crippen molar-refractivity contribution in [2.75, 3.05) is 0 Å². The summed E-state index contributed by atoms with van der Waals surface area (Å²) in [6.07, 6.45) is 0. The standard InChI is InChI=1S/C13H8IN3O/c14-9-5-7-10(8-6-9)18-13-15-11-3-1-2-4-12(11)16-17-13/h1-8H. The van der Waals surface area contributed by atoms with Crippen molar-refractivity contribution >= 4 is 33.6 Å². The minimum Gasteiger partial charge on any atom is -0.423 e. The van der Waals surface area contributed by atoms with Gasteiger partial charge in [0.2, 0.25) is 0 Å². The lowest BCUT2D eigenvalue weighted by Gasteiger charge is -2.03. The van der Waals surface area contributed by atoms with E-state index in [2.05, 4.69) is 37.8 Å². The highest BCUT2D eigenvalue weighted by Gasteiger charge is 2.03. The molecule has 0 aliphatic carbocycles. The molecule has 18 heavy (non-hydrogen) atoms. The second kappa shape index (κ2) is 4.85. The quantitative estimate of drug-likeness (QED) is 0.666. The molecule has 1 heterocycles. The average molecular weight is 349 g/mol. The van der Waals surface area contributed by atoms with Crippen LogP contribution in [0, 0.1) is 3.57 Å². The Balaban J connectivity index is 1.92. The van der Waals surface area contributed by atoms with Crippen LogP contribution in [0.3, 0.4) is 0 Å². The van der Waals surface area contributed by atoms with Crippen LogP contribution in [0.5, 0.6) is 11.8 Å². The van der Waals surface area contributed by atoms with Gasteiger partial charge in [-0.1, -0.05) is 17.2 Å². The molecule has 1 aromatic heterocycles. The van der Waals surface area contributed by atoms with Gasteiger partial charge in [-0.15, -0.1) is 5.10 Å². The number of rotatable bonds is 2.